The lowest BCUT2D eigenvalue weighted by atomic mass is 10.2. The molecule has 0 saturated heterocycles. The highest BCUT2D eigenvalue weighted by atomic mass is 19.4. The van der Waals surface area contributed by atoms with Crippen LogP contribution < -0.4 is 5.32 Å². The molecule has 2 heterocycles. The second-order valence-corrected chi connectivity index (χ2v) is 6.11. The molecule has 2 aromatic carbocycles. The number of halogens is 4. The Morgan fingerprint density at radius 1 is 1.03 bits per heavy atom. The first-order valence-corrected chi connectivity index (χ1v) is 8.51. The lowest BCUT2D eigenvalue weighted by Crippen LogP contribution is -2.20. The van der Waals surface area contributed by atoms with Crippen LogP contribution in [-0.2, 0) is 6.18 Å². The lowest BCUT2D eigenvalue weighted by molar-refractivity contribution is -0.143. The summed E-state index contributed by atoms with van der Waals surface area (Å²) in [5, 5.41) is 9.79. The summed E-state index contributed by atoms with van der Waals surface area (Å²) in [7, 11) is 0. The number of nitrogens with one attached hydrogen (secondary N) is 1. The first-order chi connectivity index (χ1) is 14.3. The van der Waals surface area contributed by atoms with Crippen LogP contribution in [0.2, 0.25) is 0 Å². The fourth-order valence-electron chi connectivity index (χ4n) is 2.85. The second-order valence-electron chi connectivity index (χ2n) is 6.11. The minimum atomic E-state index is -4.85. The molecule has 0 aliphatic rings. The molecule has 0 atom stereocenters. The molecule has 0 spiro atoms. The molecule has 152 valence electrons. The third-order valence-electron chi connectivity index (χ3n) is 4.15. The molecule has 4 aromatic rings. The van der Waals surface area contributed by atoms with Gasteiger partial charge in [0.15, 0.2) is 11.5 Å². The summed E-state index contributed by atoms with van der Waals surface area (Å²) in [6.45, 7) is 0. The summed E-state index contributed by atoms with van der Waals surface area (Å²) in [5.74, 6) is -1.81. The van der Waals surface area contributed by atoms with Crippen molar-refractivity contribution in [2.75, 3.05) is 5.32 Å². The van der Waals surface area contributed by atoms with Gasteiger partial charge < -0.3 is 5.32 Å². The van der Waals surface area contributed by atoms with Gasteiger partial charge in [-0.15, -0.1) is 0 Å². The van der Waals surface area contributed by atoms with Crippen LogP contribution in [0.15, 0.2) is 67.4 Å². The maximum atomic E-state index is 14.3. The Morgan fingerprint density at radius 2 is 1.80 bits per heavy atom. The minimum absolute atomic E-state index is 0.0260. The summed E-state index contributed by atoms with van der Waals surface area (Å²) in [4.78, 5) is 16.2. The summed E-state index contributed by atoms with van der Waals surface area (Å²) in [5.41, 5.74) is -1.73. The average Bonchev–Trinajstić information content (AvgIpc) is 3.38. The largest absolute Gasteiger partial charge is 0.434 e. The molecule has 0 aliphatic heterocycles. The number of carbonyl (C=O) groups is 1. The zero-order chi connectivity index (χ0) is 21.3. The SMILES string of the molecule is O=C(Nc1ccc(-n2cncn2)c(F)c1)c1cnn(-c2ccccc2)c1C(F)(F)F. The maximum Gasteiger partial charge on any atom is 0.434 e. The number of aromatic nitrogens is 5. The lowest BCUT2D eigenvalue weighted by Gasteiger charge is -2.13. The van der Waals surface area contributed by atoms with Gasteiger partial charge in [0.05, 0.1) is 17.4 Å². The Labute approximate surface area is 166 Å². The summed E-state index contributed by atoms with van der Waals surface area (Å²) in [6, 6.07) is 11.2. The van der Waals surface area contributed by atoms with E-state index in [0.29, 0.717) is 4.68 Å². The molecular weight excluding hydrogens is 404 g/mol. The topological polar surface area (TPSA) is 77.6 Å². The summed E-state index contributed by atoms with van der Waals surface area (Å²) in [6.07, 6.45) is -1.52. The zero-order valence-electron chi connectivity index (χ0n) is 15.0. The van der Waals surface area contributed by atoms with Crippen LogP contribution in [0.25, 0.3) is 11.4 Å². The van der Waals surface area contributed by atoms with Gasteiger partial charge in [-0.25, -0.2) is 18.7 Å². The highest BCUT2D eigenvalue weighted by Crippen LogP contribution is 2.34. The molecule has 0 unspecified atom stereocenters. The molecule has 1 amide bonds. The molecule has 7 nitrogen and oxygen atoms in total. The molecule has 0 bridgehead atoms. The number of carbonyl (C=O) groups excluding carboxylic acids is 1. The maximum absolute atomic E-state index is 14.3. The highest BCUT2D eigenvalue weighted by Gasteiger charge is 2.40. The van der Waals surface area contributed by atoms with Crippen molar-refractivity contribution in [2.45, 2.75) is 6.18 Å². The average molecular weight is 416 g/mol. The van der Waals surface area contributed by atoms with Crippen molar-refractivity contribution < 1.29 is 22.4 Å². The van der Waals surface area contributed by atoms with E-state index < -0.39 is 29.2 Å². The van der Waals surface area contributed by atoms with Gasteiger partial charge in [0, 0.05) is 5.69 Å². The van der Waals surface area contributed by atoms with Gasteiger partial charge in [-0.2, -0.15) is 23.4 Å². The second kappa shape index (κ2) is 7.43. The van der Waals surface area contributed by atoms with E-state index in [0.717, 1.165) is 12.3 Å². The van der Waals surface area contributed by atoms with E-state index in [4.69, 9.17) is 0 Å². The van der Waals surface area contributed by atoms with Gasteiger partial charge in [-0.05, 0) is 30.3 Å². The Hall–Kier alpha value is -4.02. The van der Waals surface area contributed by atoms with Crippen LogP contribution in [0.5, 0.6) is 0 Å². The van der Waals surface area contributed by atoms with Crippen molar-refractivity contribution in [3.05, 3.63) is 84.5 Å². The van der Waals surface area contributed by atoms with Gasteiger partial charge in [-0.1, -0.05) is 18.2 Å². The molecule has 30 heavy (non-hydrogen) atoms. The monoisotopic (exact) mass is 416 g/mol. The zero-order valence-corrected chi connectivity index (χ0v) is 15.0. The predicted octanol–water partition coefficient (Wildman–Crippen LogP) is 3.86. The van der Waals surface area contributed by atoms with Crippen LogP contribution in [0, 0.1) is 5.82 Å². The Bertz CT molecular complexity index is 1190. The Morgan fingerprint density at radius 3 is 2.43 bits per heavy atom. The molecule has 2 aromatic heterocycles. The number of benzene rings is 2. The fourth-order valence-corrected chi connectivity index (χ4v) is 2.85. The Kier molecular flexibility index (Phi) is 4.78. The first-order valence-electron chi connectivity index (χ1n) is 8.51. The normalized spacial score (nSPS) is 11.5. The number of hydrogen-bond acceptors (Lipinski definition) is 4. The molecule has 11 heteroatoms. The number of para-hydroxylation sites is 1. The minimum Gasteiger partial charge on any atom is -0.322 e. The number of anilines is 1. The predicted molar refractivity (Wildman–Crippen MR) is 97.8 cm³/mol. The third-order valence-corrected chi connectivity index (χ3v) is 4.15. The van der Waals surface area contributed by atoms with E-state index in [9.17, 15) is 22.4 Å². The van der Waals surface area contributed by atoms with Crippen molar-refractivity contribution in [1.29, 1.82) is 0 Å². The molecule has 0 aliphatic carbocycles. The number of hydrogen-bond donors (Lipinski definition) is 1. The highest BCUT2D eigenvalue weighted by molar-refractivity contribution is 6.05. The van der Waals surface area contributed by atoms with Gasteiger partial charge in [0.1, 0.15) is 18.3 Å². The van der Waals surface area contributed by atoms with Crippen molar-refractivity contribution in [2.24, 2.45) is 0 Å². The van der Waals surface area contributed by atoms with E-state index in [-0.39, 0.29) is 17.1 Å². The first kappa shape index (κ1) is 19.3. The van der Waals surface area contributed by atoms with E-state index in [1.54, 1.807) is 18.2 Å². The number of amides is 1. The van der Waals surface area contributed by atoms with Gasteiger partial charge in [-0.3, -0.25) is 4.79 Å². The number of alkyl halides is 3. The van der Waals surface area contributed by atoms with Gasteiger partial charge in [0.2, 0.25) is 0 Å². The molecular formula is C19H12F4N6O. The Balaban J connectivity index is 1.66. The quantitative estimate of drug-likeness (QED) is 0.513. The van der Waals surface area contributed by atoms with Crippen LogP contribution in [0.3, 0.4) is 0 Å². The van der Waals surface area contributed by atoms with Crippen LogP contribution >= 0.6 is 0 Å². The van der Waals surface area contributed by atoms with E-state index >= 15 is 0 Å². The third kappa shape index (κ3) is 3.64. The molecule has 0 fully saturated rings. The smallest absolute Gasteiger partial charge is 0.322 e. The van der Waals surface area contributed by atoms with Gasteiger partial charge >= 0.3 is 6.18 Å². The van der Waals surface area contributed by atoms with Crippen LogP contribution in [0.1, 0.15) is 16.1 Å². The van der Waals surface area contributed by atoms with Crippen LogP contribution in [-0.4, -0.2) is 30.5 Å². The summed E-state index contributed by atoms with van der Waals surface area (Å²) < 4.78 is 57.2. The number of rotatable bonds is 4. The fraction of sp³-hybridized carbons (Fsp3) is 0.0526. The molecule has 4 rings (SSSR count). The van der Waals surface area contributed by atoms with Crippen molar-refractivity contribution >= 4 is 11.6 Å². The van der Waals surface area contributed by atoms with Gasteiger partial charge in [0.25, 0.3) is 5.91 Å². The molecule has 0 saturated carbocycles. The van der Waals surface area contributed by atoms with Crippen molar-refractivity contribution in [3.8, 4) is 11.4 Å². The van der Waals surface area contributed by atoms with Crippen molar-refractivity contribution in [1.82, 2.24) is 24.5 Å². The van der Waals surface area contributed by atoms with E-state index in [1.165, 1.54) is 41.6 Å². The van der Waals surface area contributed by atoms with Crippen LogP contribution in [0.4, 0.5) is 23.2 Å². The summed E-state index contributed by atoms with van der Waals surface area (Å²) >= 11 is 0. The molecule has 0 radical (unpaired) electrons. The standard InChI is InChI=1S/C19H12F4N6O/c20-15-8-12(6-7-16(15)28-11-24-10-26-28)27-18(30)14-9-25-29(17(14)19(21,22)23)13-4-2-1-3-5-13/h1-11H,(H,27,30). The van der Waals surface area contributed by atoms with E-state index in [2.05, 4.69) is 20.5 Å². The van der Waals surface area contributed by atoms with Crippen molar-refractivity contribution in [3.63, 3.8) is 0 Å². The van der Waals surface area contributed by atoms with E-state index in [1.807, 2.05) is 0 Å². The number of nitrogens with zero attached hydrogens (tertiary/aromatic N) is 5. The molecule has 1 N–H and O–H groups in total.